The van der Waals surface area contributed by atoms with Crippen LogP contribution in [-0.2, 0) is 4.74 Å². The minimum atomic E-state index is -0.516. The first-order valence-corrected chi connectivity index (χ1v) is 5.93. The number of benzene rings is 1. The SMILES string of the molecule is O=C(CSC1COC1)c1cc(F)ccc1O. The van der Waals surface area contributed by atoms with Gasteiger partial charge in [0, 0.05) is 0 Å². The van der Waals surface area contributed by atoms with Crippen LogP contribution < -0.4 is 0 Å². The maximum atomic E-state index is 12.9. The second-order valence-corrected chi connectivity index (χ2v) is 4.84. The van der Waals surface area contributed by atoms with Gasteiger partial charge in [0.05, 0.1) is 29.8 Å². The van der Waals surface area contributed by atoms with E-state index in [0.29, 0.717) is 18.5 Å². The maximum absolute atomic E-state index is 12.9. The lowest BCUT2D eigenvalue weighted by Gasteiger charge is -2.24. The Balaban J connectivity index is 1.99. The van der Waals surface area contributed by atoms with Gasteiger partial charge in [-0.1, -0.05) is 0 Å². The number of ether oxygens (including phenoxy) is 1. The van der Waals surface area contributed by atoms with Gasteiger partial charge in [-0.3, -0.25) is 4.79 Å². The van der Waals surface area contributed by atoms with E-state index in [-0.39, 0.29) is 22.8 Å². The molecule has 86 valence electrons. The molecule has 1 heterocycles. The molecule has 3 nitrogen and oxygen atoms in total. The molecule has 1 aliphatic rings. The summed E-state index contributed by atoms with van der Waals surface area (Å²) in [6.45, 7) is 1.32. The van der Waals surface area contributed by atoms with E-state index >= 15 is 0 Å². The van der Waals surface area contributed by atoms with E-state index in [9.17, 15) is 14.3 Å². The van der Waals surface area contributed by atoms with Gasteiger partial charge in [-0.05, 0) is 18.2 Å². The fraction of sp³-hybridized carbons (Fsp3) is 0.364. The average Bonchev–Trinajstić information content (AvgIpc) is 2.19. The number of phenolic OH excluding ortho intramolecular Hbond substituents is 1. The van der Waals surface area contributed by atoms with Gasteiger partial charge in [-0.2, -0.15) is 0 Å². The number of carbonyl (C=O) groups excluding carboxylic acids is 1. The Labute approximate surface area is 96.6 Å². The largest absolute Gasteiger partial charge is 0.507 e. The molecular formula is C11H11FO3S. The van der Waals surface area contributed by atoms with Gasteiger partial charge in [0.1, 0.15) is 11.6 Å². The molecular weight excluding hydrogens is 231 g/mol. The van der Waals surface area contributed by atoms with Crippen molar-refractivity contribution in [1.29, 1.82) is 0 Å². The van der Waals surface area contributed by atoms with E-state index in [1.165, 1.54) is 17.8 Å². The Kier molecular flexibility index (Phi) is 3.46. The zero-order valence-corrected chi connectivity index (χ0v) is 9.30. The van der Waals surface area contributed by atoms with Crippen LogP contribution in [0.4, 0.5) is 4.39 Å². The summed E-state index contributed by atoms with van der Waals surface area (Å²) in [7, 11) is 0. The summed E-state index contributed by atoms with van der Waals surface area (Å²) >= 11 is 1.47. The number of hydrogen-bond donors (Lipinski definition) is 1. The molecule has 1 fully saturated rings. The van der Waals surface area contributed by atoms with Gasteiger partial charge in [0.25, 0.3) is 0 Å². The third-order valence-electron chi connectivity index (χ3n) is 2.32. The molecule has 0 bridgehead atoms. The highest BCUT2D eigenvalue weighted by molar-refractivity contribution is 8.00. The first-order valence-electron chi connectivity index (χ1n) is 4.88. The Bertz CT molecular complexity index is 404. The van der Waals surface area contributed by atoms with E-state index < -0.39 is 5.82 Å². The van der Waals surface area contributed by atoms with Crippen molar-refractivity contribution in [3.63, 3.8) is 0 Å². The summed E-state index contributed by atoms with van der Waals surface area (Å²) in [5.74, 6) is -0.700. The van der Waals surface area contributed by atoms with Crippen molar-refractivity contribution in [3.05, 3.63) is 29.6 Å². The zero-order chi connectivity index (χ0) is 11.5. The number of phenols is 1. The molecule has 0 spiro atoms. The molecule has 0 amide bonds. The van der Waals surface area contributed by atoms with Crippen LogP contribution in [0.1, 0.15) is 10.4 Å². The Morgan fingerprint density at radius 2 is 2.31 bits per heavy atom. The molecule has 0 aromatic heterocycles. The van der Waals surface area contributed by atoms with E-state index in [1.807, 2.05) is 0 Å². The first kappa shape index (κ1) is 11.4. The molecule has 0 saturated carbocycles. The van der Waals surface area contributed by atoms with Crippen molar-refractivity contribution in [1.82, 2.24) is 0 Å². The Morgan fingerprint density at radius 3 is 2.94 bits per heavy atom. The summed E-state index contributed by atoms with van der Waals surface area (Å²) in [5, 5.41) is 9.77. The summed E-state index contributed by atoms with van der Waals surface area (Å²) in [4.78, 5) is 11.7. The summed E-state index contributed by atoms with van der Waals surface area (Å²) < 4.78 is 17.9. The van der Waals surface area contributed by atoms with Crippen LogP contribution in [0, 0.1) is 5.82 Å². The van der Waals surface area contributed by atoms with Gasteiger partial charge in [-0.25, -0.2) is 4.39 Å². The Hall–Kier alpha value is -1.07. The van der Waals surface area contributed by atoms with Crippen LogP contribution in [0.25, 0.3) is 0 Å². The second-order valence-electron chi connectivity index (χ2n) is 3.56. The van der Waals surface area contributed by atoms with Gasteiger partial charge in [0.15, 0.2) is 5.78 Å². The molecule has 1 saturated heterocycles. The average molecular weight is 242 g/mol. The number of rotatable bonds is 4. The van der Waals surface area contributed by atoms with Gasteiger partial charge < -0.3 is 9.84 Å². The van der Waals surface area contributed by atoms with E-state index in [2.05, 4.69) is 0 Å². The number of ketones is 1. The smallest absolute Gasteiger partial charge is 0.176 e. The van der Waals surface area contributed by atoms with Crippen molar-refractivity contribution in [2.45, 2.75) is 5.25 Å². The minimum absolute atomic E-state index is 0.0488. The number of thioether (sulfide) groups is 1. The minimum Gasteiger partial charge on any atom is -0.507 e. The van der Waals surface area contributed by atoms with E-state index in [1.54, 1.807) is 0 Å². The van der Waals surface area contributed by atoms with Gasteiger partial charge in [-0.15, -0.1) is 11.8 Å². The monoisotopic (exact) mass is 242 g/mol. The number of aromatic hydroxyl groups is 1. The van der Waals surface area contributed by atoms with Crippen LogP contribution >= 0.6 is 11.8 Å². The molecule has 0 radical (unpaired) electrons. The quantitative estimate of drug-likeness (QED) is 0.818. The normalized spacial score (nSPS) is 15.8. The predicted octanol–water partition coefficient (Wildman–Crippen LogP) is 1.85. The first-order chi connectivity index (χ1) is 7.66. The third kappa shape index (κ3) is 2.54. The molecule has 1 aromatic rings. The molecule has 5 heteroatoms. The van der Waals surface area contributed by atoms with Gasteiger partial charge in [0.2, 0.25) is 0 Å². The number of carbonyl (C=O) groups is 1. The fourth-order valence-electron chi connectivity index (χ4n) is 1.31. The summed E-state index contributed by atoms with van der Waals surface area (Å²) in [5.41, 5.74) is 0.0488. The molecule has 0 aliphatic carbocycles. The van der Waals surface area contributed by atoms with Crippen LogP contribution in [0.3, 0.4) is 0 Å². The molecule has 16 heavy (non-hydrogen) atoms. The van der Waals surface area contributed by atoms with Crippen LogP contribution in [-0.4, -0.2) is 35.1 Å². The van der Waals surface area contributed by atoms with Crippen molar-refractivity contribution in [3.8, 4) is 5.75 Å². The van der Waals surface area contributed by atoms with E-state index in [4.69, 9.17) is 4.74 Å². The molecule has 1 aliphatic heterocycles. The molecule has 1 N–H and O–H groups in total. The summed E-state index contributed by atoms with van der Waals surface area (Å²) in [6, 6.07) is 3.38. The number of Topliss-reactive ketones (excluding diaryl/α,β-unsaturated/α-hetero) is 1. The lowest BCUT2D eigenvalue weighted by Crippen LogP contribution is -2.31. The van der Waals surface area contributed by atoms with Crippen LogP contribution in [0.2, 0.25) is 0 Å². The summed E-state index contributed by atoms with van der Waals surface area (Å²) in [6.07, 6.45) is 0. The third-order valence-corrected chi connectivity index (χ3v) is 3.49. The number of halogens is 1. The second kappa shape index (κ2) is 4.84. The molecule has 0 unspecified atom stereocenters. The highest BCUT2D eigenvalue weighted by Gasteiger charge is 2.21. The highest BCUT2D eigenvalue weighted by Crippen LogP contribution is 2.23. The molecule has 2 rings (SSSR count). The van der Waals surface area contributed by atoms with Crippen molar-refractivity contribution < 1.29 is 19.0 Å². The Morgan fingerprint density at radius 1 is 1.56 bits per heavy atom. The highest BCUT2D eigenvalue weighted by atomic mass is 32.2. The lowest BCUT2D eigenvalue weighted by molar-refractivity contribution is 0.0455. The van der Waals surface area contributed by atoms with Crippen molar-refractivity contribution >= 4 is 17.5 Å². The molecule has 0 atom stereocenters. The van der Waals surface area contributed by atoms with Crippen LogP contribution in [0.5, 0.6) is 5.75 Å². The lowest BCUT2D eigenvalue weighted by atomic mass is 10.1. The van der Waals surface area contributed by atoms with E-state index in [0.717, 1.165) is 12.1 Å². The fourth-order valence-corrected chi connectivity index (χ4v) is 2.24. The van der Waals surface area contributed by atoms with Gasteiger partial charge >= 0.3 is 0 Å². The molecule has 1 aromatic carbocycles. The predicted molar refractivity (Wildman–Crippen MR) is 59.5 cm³/mol. The number of hydrogen-bond acceptors (Lipinski definition) is 4. The van der Waals surface area contributed by atoms with Crippen molar-refractivity contribution in [2.75, 3.05) is 19.0 Å². The topological polar surface area (TPSA) is 46.5 Å². The van der Waals surface area contributed by atoms with Crippen molar-refractivity contribution in [2.24, 2.45) is 0 Å². The van der Waals surface area contributed by atoms with Crippen LogP contribution in [0.15, 0.2) is 18.2 Å². The zero-order valence-electron chi connectivity index (χ0n) is 8.48. The maximum Gasteiger partial charge on any atom is 0.176 e. The standard InChI is InChI=1S/C11H11FO3S/c12-7-1-2-10(13)9(3-7)11(14)6-16-8-4-15-5-8/h1-3,8,13H,4-6H2.